The lowest BCUT2D eigenvalue weighted by molar-refractivity contribution is -0.134. The molecular weight excluding hydrogens is 414 g/mol. The first-order valence-corrected chi connectivity index (χ1v) is 11.2. The van der Waals surface area contributed by atoms with Crippen LogP contribution in [0.15, 0.2) is 85.1 Å². The predicted molar refractivity (Wildman–Crippen MR) is 125 cm³/mol. The summed E-state index contributed by atoms with van der Waals surface area (Å²) in [5.41, 5.74) is 2.09. The number of rotatable bonds is 5. The summed E-state index contributed by atoms with van der Waals surface area (Å²) >= 11 is 0. The molecule has 3 heterocycles. The molecule has 5 rings (SSSR count). The van der Waals surface area contributed by atoms with Crippen LogP contribution in [0.4, 0.5) is 0 Å². The van der Waals surface area contributed by atoms with Crippen LogP contribution < -0.4 is 5.32 Å². The van der Waals surface area contributed by atoms with Crippen molar-refractivity contribution in [3.05, 3.63) is 102 Å². The van der Waals surface area contributed by atoms with Gasteiger partial charge in [0.25, 0.3) is 5.91 Å². The van der Waals surface area contributed by atoms with Crippen LogP contribution in [0.5, 0.6) is 0 Å². The van der Waals surface area contributed by atoms with Crippen molar-refractivity contribution in [3.63, 3.8) is 0 Å². The normalized spacial score (nSPS) is 17.0. The molecule has 0 saturated carbocycles. The van der Waals surface area contributed by atoms with Gasteiger partial charge in [-0.2, -0.15) is 0 Å². The van der Waals surface area contributed by atoms with Crippen molar-refractivity contribution in [3.8, 4) is 0 Å². The number of pyridine rings is 1. The Balaban J connectivity index is 1.39. The Kier molecular flexibility index (Phi) is 5.85. The SMILES string of the molecule is O=C(NC(C(=O)N1CCCC(c2nnc3ccccn23)C1)c1ccccc1)c1ccccc1. The second-order valence-corrected chi connectivity index (χ2v) is 8.29. The molecule has 1 aliphatic rings. The fourth-order valence-electron chi connectivity index (χ4n) is 4.45. The van der Waals surface area contributed by atoms with E-state index in [2.05, 4.69) is 15.5 Å². The molecule has 2 aromatic carbocycles. The van der Waals surface area contributed by atoms with Gasteiger partial charge in [-0.15, -0.1) is 10.2 Å². The van der Waals surface area contributed by atoms with E-state index < -0.39 is 6.04 Å². The van der Waals surface area contributed by atoms with Gasteiger partial charge in [0.15, 0.2) is 5.65 Å². The highest BCUT2D eigenvalue weighted by Gasteiger charge is 2.33. The van der Waals surface area contributed by atoms with Crippen molar-refractivity contribution in [1.82, 2.24) is 24.8 Å². The summed E-state index contributed by atoms with van der Waals surface area (Å²) in [7, 11) is 0. The van der Waals surface area contributed by atoms with E-state index in [4.69, 9.17) is 0 Å². The van der Waals surface area contributed by atoms with Crippen molar-refractivity contribution in [2.45, 2.75) is 24.8 Å². The third-order valence-corrected chi connectivity index (χ3v) is 6.13. The van der Waals surface area contributed by atoms with E-state index in [0.717, 1.165) is 29.9 Å². The number of nitrogens with one attached hydrogen (secondary N) is 1. The number of likely N-dealkylation sites (tertiary alicyclic amines) is 1. The van der Waals surface area contributed by atoms with Crippen LogP contribution in [-0.2, 0) is 4.79 Å². The van der Waals surface area contributed by atoms with Gasteiger partial charge < -0.3 is 10.2 Å². The number of hydrogen-bond acceptors (Lipinski definition) is 4. The maximum atomic E-state index is 13.7. The minimum absolute atomic E-state index is 0.0846. The van der Waals surface area contributed by atoms with Crippen LogP contribution in [0.25, 0.3) is 5.65 Å². The molecule has 1 fully saturated rings. The number of carbonyl (C=O) groups excluding carboxylic acids is 2. The first-order chi connectivity index (χ1) is 16.2. The average Bonchev–Trinajstić information content (AvgIpc) is 3.32. The van der Waals surface area contributed by atoms with Crippen molar-refractivity contribution >= 4 is 17.5 Å². The molecule has 0 radical (unpaired) electrons. The molecule has 7 heteroatoms. The third-order valence-electron chi connectivity index (χ3n) is 6.13. The van der Waals surface area contributed by atoms with Gasteiger partial charge in [0.2, 0.25) is 5.91 Å². The number of piperidine rings is 1. The summed E-state index contributed by atoms with van der Waals surface area (Å²) in [5, 5.41) is 11.6. The number of fused-ring (bicyclic) bond motifs is 1. The molecule has 1 aliphatic heterocycles. The summed E-state index contributed by atoms with van der Waals surface area (Å²) in [6.45, 7) is 1.19. The van der Waals surface area contributed by atoms with E-state index in [0.29, 0.717) is 18.7 Å². The Bertz CT molecular complexity index is 1260. The lowest BCUT2D eigenvalue weighted by Crippen LogP contribution is -2.46. The molecular formula is C26H25N5O2. The number of carbonyl (C=O) groups is 2. The zero-order valence-electron chi connectivity index (χ0n) is 18.2. The molecule has 2 amide bonds. The minimum atomic E-state index is -0.757. The Morgan fingerprint density at radius 1 is 0.909 bits per heavy atom. The van der Waals surface area contributed by atoms with Gasteiger partial charge in [-0.25, -0.2) is 0 Å². The van der Waals surface area contributed by atoms with Gasteiger partial charge in [-0.1, -0.05) is 54.6 Å². The molecule has 166 valence electrons. The van der Waals surface area contributed by atoms with E-state index in [-0.39, 0.29) is 17.7 Å². The van der Waals surface area contributed by atoms with Gasteiger partial charge in [0.05, 0.1) is 0 Å². The minimum Gasteiger partial charge on any atom is -0.340 e. The van der Waals surface area contributed by atoms with Gasteiger partial charge in [0.1, 0.15) is 11.9 Å². The maximum Gasteiger partial charge on any atom is 0.252 e. The summed E-state index contributed by atoms with van der Waals surface area (Å²) < 4.78 is 1.99. The van der Waals surface area contributed by atoms with Crippen LogP contribution in [0.1, 0.15) is 46.5 Å². The molecule has 2 unspecified atom stereocenters. The second-order valence-electron chi connectivity index (χ2n) is 8.29. The molecule has 4 aromatic rings. The highest BCUT2D eigenvalue weighted by atomic mass is 16.2. The first kappa shape index (κ1) is 20.9. The predicted octanol–water partition coefficient (Wildman–Crippen LogP) is 3.61. The van der Waals surface area contributed by atoms with Gasteiger partial charge in [-0.05, 0) is 42.7 Å². The largest absolute Gasteiger partial charge is 0.340 e. The Morgan fingerprint density at radius 2 is 1.64 bits per heavy atom. The van der Waals surface area contributed by atoms with E-state index in [1.54, 1.807) is 12.1 Å². The molecule has 0 aliphatic carbocycles. The molecule has 0 spiro atoms. The Morgan fingerprint density at radius 3 is 2.42 bits per heavy atom. The third kappa shape index (κ3) is 4.35. The van der Waals surface area contributed by atoms with Crippen LogP contribution in [0.2, 0.25) is 0 Å². The van der Waals surface area contributed by atoms with Crippen molar-refractivity contribution in [2.24, 2.45) is 0 Å². The zero-order valence-corrected chi connectivity index (χ0v) is 18.2. The standard InChI is InChI=1S/C26H25N5O2/c32-25(20-12-5-2-6-13-20)27-23(19-10-3-1-4-11-19)26(33)30-16-9-14-21(18-30)24-29-28-22-15-7-8-17-31(22)24/h1-8,10-13,15,17,21,23H,9,14,16,18H2,(H,27,32). The van der Waals surface area contributed by atoms with Crippen LogP contribution in [-0.4, -0.2) is 44.4 Å². The fourth-order valence-corrected chi connectivity index (χ4v) is 4.45. The average molecular weight is 440 g/mol. The number of nitrogens with zero attached hydrogens (tertiary/aromatic N) is 4. The van der Waals surface area contributed by atoms with Crippen molar-refractivity contribution < 1.29 is 9.59 Å². The van der Waals surface area contributed by atoms with Crippen molar-refractivity contribution in [2.75, 3.05) is 13.1 Å². The molecule has 1 saturated heterocycles. The van der Waals surface area contributed by atoms with E-state index >= 15 is 0 Å². The van der Waals surface area contributed by atoms with Gasteiger partial charge >= 0.3 is 0 Å². The number of benzene rings is 2. The van der Waals surface area contributed by atoms with Gasteiger partial charge in [-0.3, -0.25) is 14.0 Å². The maximum absolute atomic E-state index is 13.7. The second kappa shape index (κ2) is 9.24. The number of aromatic nitrogens is 3. The zero-order chi connectivity index (χ0) is 22.6. The quantitative estimate of drug-likeness (QED) is 0.515. The van der Waals surface area contributed by atoms with Gasteiger partial charge in [0, 0.05) is 30.8 Å². The smallest absolute Gasteiger partial charge is 0.252 e. The summed E-state index contributed by atoms with van der Waals surface area (Å²) in [4.78, 5) is 28.5. The highest BCUT2D eigenvalue weighted by Crippen LogP contribution is 2.28. The van der Waals surface area contributed by atoms with Crippen LogP contribution in [0, 0.1) is 0 Å². The van der Waals surface area contributed by atoms with E-state index in [1.165, 1.54) is 0 Å². The lowest BCUT2D eigenvalue weighted by atomic mass is 9.95. The van der Waals surface area contributed by atoms with E-state index in [9.17, 15) is 9.59 Å². The Hall–Kier alpha value is -4.00. The van der Waals surface area contributed by atoms with Crippen molar-refractivity contribution in [1.29, 1.82) is 0 Å². The fraction of sp³-hybridized carbons (Fsp3) is 0.231. The van der Waals surface area contributed by atoms with E-state index in [1.807, 2.05) is 82.2 Å². The molecule has 2 atom stereocenters. The molecule has 2 aromatic heterocycles. The summed E-state index contributed by atoms with van der Waals surface area (Å²) in [5.74, 6) is 0.577. The topological polar surface area (TPSA) is 79.6 Å². The lowest BCUT2D eigenvalue weighted by Gasteiger charge is -2.34. The number of amides is 2. The molecule has 7 nitrogen and oxygen atoms in total. The molecule has 0 bridgehead atoms. The summed E-state index contributed by atoms with van der Waals surface area (Å²) in [6, 6.07) is 23.4. The molecule has 33 heavy (non-hydrogen) atoms. The first-order valence-electron chi connectivity index (χ1n) is 11.2. The monoisotopic (exact) mass is 439 g/mol. The van der Waals surface area contributed by atoms with Crippen LogP contribution in [0.3, 0.4) is 0 Å². The number of hydrogen-bond donors (Lipinski definition) is 1. The highest BCUT2D eigenvalue weighted by molar-refractivity contribution is 5.97. The summed E-state index contributed by atoms with van der Waals surface area (Å²) in [6.07, 6.45) is 3.76. The van der Waals surface area contributed by atoms with Crippen LogP contribution >= 0.6 is 0 Å². The molecule has 1 N–H and O–H groups in total. The Labute approximate surface area is 192 Å².